The van der Waals surface area contributed by atoms with Crippen LogP contribution < -0.4 is 15.0 Å². The minimum atomic E-state index is -0.168. The van der Waals surface area contributed by atoms with Crippen molar-refractivity contribution in [3.63, 3.8) is 0 Å². The molecule has 1 saturated heterocycles. The molecule has 0 atom stereocenters. The van der Waals surface area contributed by atoms with E-state index in [1.807, 2.05) is 25.1 Å². The van der Waals surface area contributed by atoms with Crippen molar-refractivity contribution in [3.05, 3.63) is 53.1 Å². The third kappa shape index (κ3) is 4.93. The van der Waals surface area contributed by atoms with E-state index in [2.05, 4.69) is 22.0 Å². The number of amides is 1. The Morgan fingerprint density at radius 2 is 1.78 bits per heavy atom. The third-order valence-corrected chi connectivity index (χ3v) is 5.10. The van der Waals surface area contributed by atoms with Crippen molar-refractivity contribution in [2.75, 3.05) is 49.5 Å². The van der Waals surface area contributed by atoms with Crippen LogP contribution in [0, 0.1) is 0 Å². The number of carbonyl (C=O) groups is 1. The zero-order valence-electron chi connectivity index (χ0n) is 15.9. The fourth-order valence-corrected chi connectivity index (χ4v) is 3.52. The van der Waals surface area contributed by atoms with Crippen molar-refractivity contribution in [1.82, 2.24) is 4.90 Å². The Morgan fingerprint density at radius 1 is 1.07 bits per heavy atom. The minimum absolute atomic E-state index is 0.168. The molecule has 0 aliphatic carbocycles. The van der Waals surface area contributed by atoms with Crippen molar-refractivity contribution >= 4 is 28.9 Å². The molecule has 0 radical (unpaired) electrons. The molecule has 1 amide bonds. The van der Waals surface area contributed by atoms with Crippen molar-refractivity contribution < 1.29 is 9.53 Å². The molecular formula is C21H26ClN3O2. The van der Waals surface area contributed by atoms with E-state index in [1.165, 1.54) is 0 Å². The van der Waals surface area contributed by atoms with Crippen LogP contribution in [0.4, 0.5) is 11.4 Å². The van der Waals surface area contributed by atoms with Gasteiger partial charge >= 0.3 is 0 Å². The fourth-order valence-electron chi connectivity index (χ4n) is 3.22. The van der Waals surface area contributed by atoms with Crippen LogP contribution in [0.5, 0.6) is 5.75 Å². The molecule has 1 heterocycles. The van der Waals surface area contributed by atoms with Crippen LogP contribution in [-0.2, 0) is 0 Å². The number of nitrogens with zero attached hydrogens (tertiary/aromatic N) is 2. The summed E-state index contributed by atoms with van der Waals surface area (Å²) >= 11 is 6.49. The Balaban J connectivity index is 1.64. The second-order valence-electron chi connectivity index (χ2n) is 6.50. The number of halogens is 1. The molecule has 0 unspecified atom stereocenters. The van der Waals surface area contributed by atoms with Gasteiger partial charge in [-0.2, -0.15) is 0 Å². The molecular weight excluding hydrogens is 362 g/mol. The first kappa shape index (κ1) is 19.5. The first-order chi connectivity index (χ1) is 13.1. The SMILES string of the molecule is CCOc1ccc(C(=O)Nc2ccc(N3CCN(CC)CC3)c(Cl)c2)cc1. The highest BCUT2D eigenvalue weighted by Crippen LogP contribution is 2.30. The summed E-state index contributed by atoms with van der Waals surface area (Å²) in [4.78, 5) is 17.2. The number of anilines is 2. The first-order valence-corrected chi connectivity index (χ1v) is 9.79. The largest absolute Gasteiger partial charge is 0.494 e. The van der Waals surface area contributed by atoms with E-state index < -0.39 is 0 Å². The highest BCUT2D eigenvalue weighted by atomic mass is 35.5. The van der Waals surface area contributed by atoms with Gasteiger partial charge in [0.05, 0.1) is 17.3 Å². The van der Waals surface area contributed by atoms with Gasteiger partial charge in [0.1, 0.15) is 5.75 Å². The average molecular weight is 388 g/mol. The minimum Gasteiger partial charge on any atom is -0.494 e. The van der Waals surface area contributed by atoms with Crippen molar-refractivity contribution in [1.29, 1.82) is 0 Å². The highest BCUT2D eigenvalue weighted by molar-refractivity contribution is 6.33. The molecule has 5 nitrogen and oxygen atoms in total. The molecule has 144 valence electrons. The zero-order chi connectivity index (χ0) is 19.2. The predicted molar refractivity (Wildman–Crippen MR) is 111 cm³/mol. The molecule has 3 rings (SSSR count). The maximum atomic E-state index is 12.4. The molecule has 0 aromatic heterocycles. The van der Waals surface area contributed by atoms with Crippen LogP contribution in [-0.4, -0.2) is 50.1 Å². The molecule has 0 spiro atoms. The van der Waals surface area contributed by atoms with Crippen molar-refractivity contribution in [2.24, 2.45) is 0 Å². The summed E-state index contributed by atoms with van der Waals surface area (Å²) in [6, 6.07) is 12.8. The van der Waals surface area contributed by atoms with Gasteiger partial charge in [0.15, 0.2) is 0 Å². The summed E-state index contributed by atoms with van der Waals surface area (Å²) in [5.41, 5.74) is 2.29. The second kappa shape index (κ2) is 9.11. The lowest BCUT2D eigenvalue weighted by molar-refractivity contribution is 0.102. The maximum Gasteiger partial charge on any atom is 0.255 e. The lowest BCUT2D eigenvalue weighted by Crippen LogP contribution is -2.46. The molecule has 1 aliphatic heterocycles. The molecule has 27 heavy (non-hydrogen) atoms. The van der Waals surface area contributed by atoms with Crippen LogP contribution >= 0.6 is 11.6 Å². The number of likely N-dealkylation sites (N-methyl/N-ethyl adjacent to an activating group) is 1. The topological polar surface area (TPSA) is 44.8 Å². The number of nitrogens with one attached hydrogen (secondary N) is 1. The van der Waals surface area contributed by atoms with Gasteiger partial charge in [-0.15, -0.1) is 0 Å². The van der Waals surface area contributed by atoms with Gasteiger partial charge in [0, 0.05) is 37.4 Å². The van der Waals surface area contributed by atoms with Gasteiger partial charge in [-0.1, -0.05) is 18.5 Å². The second-order valence-corrected chi connectivity index (χ2v) is 6.91. The van der Waals surface area contributed by atoms with Gasteiger partial charge in [-0.05, 0) is 55.9 Å². The Bertz CT molecular complexity index is 771. The quantitative estimate of drug-likeness (QED) is 0.809. The van der Waals surface area contributed by atoms with E-state index in [4.69, 9.17) is 16.3 Å². The summed E-state index contributed by atoms with van der Waals surface area (Å²) in [7, 11) is 0. The summed E-state index contributed by atoms with van der Waals surface area (Å²) in [5.74, 6) is 0.586. The molecule has 1 fully saturated rings. The molecule has 1 N–H and O–H groups in total. The summed E-state index contributed by atoms with van der Waals surface area (Å²) in [6.45, 7) is 9.81. The number of ether oxygens (including phenoxy) is 1. The van der Waals surface area contributed by atoms with Gasteiger partial charge in [-0.25, -0.2) is 0 Å². The van der Waals surface area contributed by atoms with Gasteiger partial charge in [0.25, 0.3) is 5.91 Å². The molecule has 2 aromatic carbocycles. The van der Waals surface area contributed by atoms with Gasteiger partial charge in [0.2, 0.25) is 0 Å². The van der Waals surface area contributed by atoms with E-state index in [9.17, 15) is 4.79 Å². The summed E-state index contributed by atoms with van der Waals surface area (Å²) < 4.78 is 5.40. The molecule has 0 saturated carbocycles. The molecule has 6 heteroatoms. The Hall–Kier alpha value is -2.24. The lowest BCUT2D eigenvalue weighted by Gasteiger charge is -2.36. The highest BCUT2D eigenvalue weighted by Gasteiger charge is 2.18. The van der Waals surface area contributed by atoms with Crippen LogP contribution in [0.15, 0.2) is 42.5 Å². The predicted octanol–water partition coefficient (Wildman–Crippen LogP) is 4.13. The van der Waals surface area contributed by atoms with Crippen LogP contribution in [0.3, 0.4) is 0 Å². The van der Waals surface area contributed by atoms with Gasteiger partial charge < -0.3 is 19.9 Å². The Morgan fingerprint density at radius 3 is 2.37 bits per heavy atom. The standard InChI is InChI=1S/C21H26ClN3O2/c1-3-24-11-13-25(14-12-24)20-10-7-17(15-19(20)22)23-21(26)16-5-8-18(9-6-16)27-4-2/h5-10,15H,3-4,11-14H2,1-2H3,(H,23,26). The van der Waals surface area contributed by atoms with Crippen molar-refractivity contribution in [3.8, 4) is 5.75 Å². The van der Waals surface area contributed by atoms with E-state index in [0.717, 1.165) is 44.2 Å². The third-order valence-electron chi connectivity index (χ3n) is 4.79. The van der Waals surface area contributed by atoms with Crippen molar-refractivity contribution in [2.45, 2.75) is 13.8 Å². The monoisotopic (exact) mass is 387 g/mol. The number of rotatable bonds is 6. The first-order valence-electron chi connectivity index (χ1n) is 9.41. The molecule has 0 bridgehead atoms. The fraction of sp³-hybridized carbons (Fsp3) is 0.381. The van der Waals surface area contributed by atoms with Gasteiger partial charge in [-0.3, -0.25) is 4.79 Å². The van der Waals surface area contributed by atoms with E-state index in [1.54, 1.807) is 24.3 Å². The summed E-state index contributed by atoms with van der Waals surface area (Å²) in [6.07, 6.45) is 0. The number of benzene rings is 2. The maximum absolute atomic E-state index is 12.4. The molecule has 1 aliphatic rings. The number of carbonyl (C=O) groups excluding carboxylic acids is 1. The Kier molecular flexibility index (Phi) is 6.58. The number of hydrogen-bond donors (Lipinski definition) is 1. The summed E-state index contributed by atoms with van der Waals surface area (Å²) in [5, 5.41) is 3.56. The van der Waals surface area contributed by atoms with E-state index in [0.29, 0.717) is 22.9 Å². The average Bonchev–Trinajstić information content (AvgIpc) is 2.69. The van der Waals surface area contributed by atoms with Crippen LogP contribution in [0.25, 0.3) is 0 Å². The van der Waals surface area contributed by atoms with Crippen LogP contribution in [0.1, 0.15) is 24.2 Å². The Labute approximate surface area is 165 Å². The zero-order valence-corrected chi connectivity index (χ0v) is 16.6. The normalized spacial score (nSPS) is 14.9. The van der Waals surface area contributed by atoms with E-state index in [-0.39, 0.29) is 5.91 Å². The molecule has 2 aromatic rings. The number of hydrogen-bond acceptors (Lipinski definition) is 4. The van der Waals surface area contributed by atoms with E-state index >= 15 is 0 Å². The number of piperazine rings is 1. The lowest BCUT2D eigenvalue weighted by atomic mass is 10.2. The van der Waals surface area contributed by atoms with Crippen LogP contribution in [0.2, 0.25) is 5.02 Å². The smallest absolute Gasteiger partial charge is 0.255 e.